The molecule has 0 aliphatic heterocycles. The van der Waals surface area contributed by atoms with Crippen LogP contribution in [0.25, 0.3) is 11.1 Å². The van der Waals surface area contributed by atoms with Crippen LogP contribution in [0.2, 0.25) is 0 Å². The number of aromatic hydroxyl groups is 1. The van der Waals surface area contributed by atoms with Crippen LogP contribution in [0.1, 0.15) is 45.4 Å². The summed E-state index contributed by atoms with van der Waals surface area (Å²) in [5, 5.41) is 9.23. The lowest BCUT2D eigenvalue weighted by atomic mass is 10.1. The Morgan fingerprint density at radius 3 is 2.22 bits per heavy atom. The quantitative estimate of drug-likeness (QED) is 0.580. The summed E-state index contributed by atoms with van der Waals surface area (Å²) in [6, 6.07) is 12.0. The maximum absolute atomic E-state index is 13.4. The molecule has 2 aromatic carbocycles. The number of hydrogen-bond donors (Lipinski definition) is 1. The Kier molecular flexibility index (Phi) is 6.92. The zero-order chi connectivity index (χ0) is 16.5. The molecule has 0 fully saturated rings. The topological polar surface area (TPSA) is 29.5 Å². The van der Waals surface area contributed by atoms with E-state index in [2.05, 4.69) is 6.92 Å². The molecule has 0 saturated carbocycles. The van der Waals surface area contributed by atoms with Crippen LogP contribution in [0, 0.1) is 5.82 Å². The number of rotatable bonds is 9. The molecule has 124 valence electrons. The summed E-state index contributed by atoms with van der Waals surface area (Å²) in [6.45, 7) is 2.96. The smallest absolute Gasteiger partial charge is 0.165 e. The van der Waals surface area contributed by atoms with Gasteiger partial charge in [0.05, 0.1) is 6.61 Å². The van der Waals surface area contributed by atoms with Crippen molar-refractivity contribution in [1.82, 2.24) is 0 Å². The molecule has 2 nitrogen and oxygen atoms in total. The highest BCUT2D eigenvalue weighted by atomic mass is 19.1. The van der Waals surface area contributed by atoms with Crippen molar-refractivity contribution in [2.24, 2.45) is 0 Å². The Hall–Kier alpha value is -2.03. The van der Waals surface area contributed by atoms with Crippen molar-refractivity contribution in [1.29, 1.82) is 0 Å². The molecule has 2 aromatic rings. The minimum atomic E-state index is -0.606. The minimum absolute atomic E-state index is 0.326. The molecular formula is C20H25FO2. The molecule has 0 unspecified atom stereocenters. The predicted molar refractivity (Wildman–Crippen MR) is 92.4 cm³/mol. The molecule has 0 radical (unpaired) electrons. The zero-order valence-electron chi connectivity index (χ0n) is 13.7. The SMILES string of the molecule is CCCCCCCCOc1ccc(-c2ccc(O)c(F)c2)cc1. The van der Waals surface area contributed by atoms with E-state index in [1.165, 1.54) is 44.2 Å². The number of benzene rings is 2. The monoisotopic (exact) mass is 316 g/mol. The maximum atomic E-state index is 13.4. The van der Waals surface area contributed by atoms with E-state index in [4.69, 9.17) is 4.74 Å². The van der Waals surface area contributed by atoms with Gasteiger partial charge in [0.15, 0.2) is 11.6 Å². The van der Waals surface area contributed by atoms with Crippen LogP contribution in [0.3, 0.4) is 0 Å². The van der Waals surface area contributed by atoms with Crippen LogP contribution < -0.4 is 4.74 Å². The lowest BCUT2D eigenvalue weighted by molar-refractivity contribution is 0.304. The molecular weight excluding hydrogens is 291 g/mol. The third-order valence-corrected chi connectivity index (χ3v) is 3.90. The highest BCUT2D eigenvalue weighted by molar-refractivity contribution is 5.65. The number of ether oxygens (including phenoxy) is 1. The highest BCUT2D eigenvalue weighted by Crippen LogP contribution is 2.26. The largest absolute Gasteiger partial charge is 0.505 e. The Bertz CT molecular complexity index is 593. The highest BCUT2D eigenvalue weighted by Gasteiger charge is 2.04. The second-order valence-corrected chi connectivity index (χ2v) is 5.81. The van der Waals surface area contributed by atoms with Crippen LogP contribution in [0.5, 0.6) is 11.5 Å². The first-order valence-corrected chi connectivity index (χ1v) is 8.42. The number of hydrogen-bond acceptors (Lipinski definition) is 2. The Balaban J connectivity index is 1.79. The fraction of sp³-hybridized carbons (Fsp3) is 0.400. The van der Waals surface area contributed by atoms with E-state index in [1.807, 2.05) is 24.3 Å². The third kappa shape index (κ3) is 5.59. The van der Waals surface area contributed by atoms with Gasteiger partial charge in [-0.3, -0.25) is 0 Å². The van der Waals surface area contributed by atoms with E-state index in [0.717, 1.165) is 29.9 Å². The first-order chi connectivity index (χ1) is 11.2. The molecule has 0 atom stereocenters. The van der Waals surface area contributed by atoms with Gasteiger partial charge in [0.25, 0.3) is 0 Å². The van der Waals surface area contributed by atoms with E-state index in [1.54, 1.807) is 6.07 Å². The summed E-state index contributed by atoms with van der Waals surface area (Å²) < 4.78 is 19.1. The molecule has 3 heteroatoms. The van der Waals surface area contributed by atoms with E-state index in [-0.39, 0.29) is 5.75 Å². The second kappa shape index (κ2) is 9.19. The summed E-state index contributed by atoms with van der Waals surface area (Å²) in [6.07, 6.45) is 7.48. The van der Waals surface area contributed by atoms with Crippen molar-refractivity contribution in [3.8, 4) is 22.6 Å². The third-order valence-electron chi connectivity index (χ3n) is 3.90. The van der Waals surface area contributed by atoms with Crippen LogP contribution in [0.15, 0.2) is 42.5 Å². The van der Waals surface area contributed by atoms with Gasteiger partial charge in [-0.2, -0.15) is 0 Å². The summed E-state index contributed by atoms with van der Waals surface area (Å²) in [7, 11) is 0. The Morgan fingerprint density at radius 2 is 1.52 bits per heavy atom. The molecule has 0 spiro atoms. The van der Waals surface area contributed by atoms with E-state index in [0.29, 0.717) is 0 Å². The Labute approximate surface area is 137 Å². The van der Waals surface area contributed by atoms with Gasteiger partial charge in [-0.1, -0.05) is 57.2 Å². The van der Waals surface area contributed by atoms with Gasteiger partial charge in [0, 0.05) is 0 Å². The number of phenolic OH excluding ortho intramolecular Hbond substituents is 1. The summed E-state index contributed by atoms with van der Waals surface area (Å²) in [4.78, 5) is 0. The standard InChI is InChI=1S/C20H25FO2/c1-2-3-4-5-6-7-14-23-18-11-8-16(9-12-18)17-10-13-20(22)19(21)15-17/h8-13,15,22H,2-7,14H2,1H3. The average Bonchev–Trinajstić information content (AvgIpc) is 2.57. The summed E-state index contributed by atoms with van der Waals surface area (Å²) in [5.74, 6) is -0.0971. The maximum Gasteiger partial charge on any atom is 0.165 e. The van der Waals surface area contributed by atoms with Crippen molar-refractivity contribution < 1.29 is 14.2 Å². The average molecular weight is 316 g/mol. The first kappa shape index (κ1) is 17.3. The second-order valence-electron chi connectivity index (χ2n) is 5.81. The van der Waals surface area contributed by atoms with Crippen LogP contribution in [0.4, 0.5) is 4.39 Å². The lowest BCUT2D eigenvalue weighted by Gasteiger charge is -2.08. The molecule has 0 amide bonds. The van der Waals surface area contributed by atoms with Crippen molar-refractivity contribution >= 4 is 0 Å². The molecule has 0 bridgehead atoms. The Morgan fingerprint density at radius 1 is 0.870 bits per heavy atom. The molecule has 0 aromatic heterocycles. The molecule has 0 saturated heterocycles. The van der Waals surface area contributed by atoms with Crippen molar-refractivity contribution in [2.45, 2.75) is 45.4 Å². The van der Waals surface area contributed by atoms with Crippen LogP contribution in [-0.2, 0) is 0 Å². The number of halogens is 1. The van der Waals surface area contributed by atoms with Gasteiger partial charge < -0.3 is 9.84 Å². The summed E-state index contributed by atoms with van der Waals surface area (Å²) in [5.41, 5.74) is 1.64. The number of unbranched alkanes of at least 4 members (excludes halogenated alkanes) is 5. The van der Waals surface area contributed by atoms with Crippen molar-refractivity contribution in [3.05, 3.63) is 48.3 Å². The fourth-order valence-corrected chi connectivity index (χ4v) is 2.50. The molecule has 0 aliphatic rings. The van der Waals surface area contributed by atoms with Crippen LogP contribution >= 0.6 is 0 Å². The number of phenols is 1. The molecule has 0 heterocycles. The minimum Gasteiger partial charge on any atom is -0.505 e. The predicted octanol–water partition coefficient (Wildman–Crippen LogP) is 5.94. The van der Waals surface area contributed by atoms with Gasteiger partial charge in [-0.25, -0.2) is 4.39 Å². The van der Waals surface area contributed by atoms with Crippen LogP contribution in [-0.4, -0.2) is 11.7 Å². The summed E-state index contributed by atoms with van der Waals surface area (Å²) >= 11 is 0. The van der Waals surface area contributed by atoms with Crippen molar-refractivity contribution in [2.75, 3.05) is 6.61 Å². The van der Waals surface area contributed by atoms with Gasteiger partial charge in [0.1, 0.15) is 5.75 Å². The molecule has 1 N–H and O–H groups in total. The van der Waals surface area contributed by atoms with Gasteiger partial charge >= 0.3 is 0 Å². The fourth-order valence-electron chi connectivity index (χ4n) is 2.50. The molecule has 23 heavy (non-hydrogen) atoms. The van der Waals surface area contributed by atoms with Gasteiger partial charge in [-0.15, -0.1) is 0 Å². The molecule has 0 aliphatic carbocycles. The van der Waals surface area contributed by atoms with E-state index < -0.39 is 5.82 Å². The lowest BCUT2D eigenvalue weighted by Crippen LogP contribution is -1.97. The normalized spacial score (nSPS) is 10.7. The van der Waals surface area contributed by atoms with E-state index in [9.17, 15) is 9.50 Å². The van der Waals surface area contributed by atoms with Crippen molar-refractivity contribution in [3.63, 3.8) is 0 Å². The van der Waals surface area contributed by atoms with Gasteiger partial charge in [0.2, 0.25) is 0 Å². The molecule has 2 rings (SSSR count). The zero-order valence-corrected chi connectivity index (χ0v) is 13.7. The van der Waals surface area contributed by atoms with Gasteiger partial charge in [-0.05, 0) is 41.8 Å². The first-order valence-electron chi connectivity index (χ1n) is 8.42. The van der Waals surface area contributed by atoms with E-state index >= 15 is 0 Å².